The molecule has 2 aromatic rings. The Morgan fingerprint density at radius 1 is 1.25 bits per heavy atom. The van der Waals surface area contributed by atoms with Gasteiger partial charge in [-0.2, -0.15) is 0 Å². The molecular formula is C8H5F2NS. The minimum absolute atomic E-state index is 0.0210. The summed E-state index contributed by atoms with van der Waals surface area (Å²) in [6.07, 6.45) is 0. The zero-order chi connectivity index (χ0) is 8.72. The fourth-order valence-electron chi connectivity index (χ4n) is 1.09. The summed E-state index contributed by atoms with van der Waals surface area (Å²) in [5.41, 5.74) is 5.42. The quantitative estimate of drug-likeness (QED) is 0.627. The second-order valence-electron chi connectivity index (χ2n) is 2.42. The summed E-state index contributed by atoms with van der Waals surface area (Å²) >= 11 is 1.22. The van der Waals surface area contributed by atoms with Gasteiger partial charge in [0, 0.05) is 11.5 Å². The highest BCUT2D eigenvalue weighted by molar-refractivity contribution is 7.17. The highest BCUT2D eigenvalue weighted by Crippen LogP contribution is 2.30. The van der Waals surface area contributed by atoms with Gasteiger partial charge in [0.1, 0.15) is 11.6 Å². The maximum absolute atomic E-state index is 13.0. The Hall–Kier alpha value is -1.16. The first-order valence-corrected chi connectivity index (χ1v) is 4.19. The van der Waals surface area contributed by atoms with Gasteiger partial charge in [-0.15, -0.1) is 11.3 Å². The smallest absolute Gasteiger partial charge is 0.149 e. The Balaban J connectivity index is 2.97. The molecule has 0 amide bonds. The van der Waals surface area contributed by atoms with Crippen LogP contribution in [0.15, 0.2) is 17.5 Å². The molecule has 0 atom stereocenters. The van der Waals surface area contributed by atoms with Gasteiger partial charge in [0.05, 0.1) is 10.4 Å². The Kier molecular flexibility index (Phi) is 1.51. The highest BCUT2D eigenvalue weighted by Gasteiger charge is 2.09. The molecule has 0 radical (unpaired) electrons. The van der Waals surface area contributed by atoms with E-state index in [0.717, 1.165) is 6.07 Å². The van der Waals surface area contributed by atoms with Crippen molar-refractivity contribution in [2.75, 3.05) is 5.73 Å². The molecule has 2 rings (SSSR count). The molecule has 0 aliphatic rings. The summed E-state index contributed by atoms with van der Waals surface area (Å²) in [7, 11) is 0. The minimum Gasteiger partial charge on any atom is -0.396 e. The number of anilines is 1. The maximum atomic E-state index is 13.0. The zero-order valence-electron chi connectivity index (χ0n) is 5.97. The van der Waals surface area contributed by atoms with E-state index in [2.05, 4.69) is 0 Å². The van der Waals surface area contributed by atoms with Crippen molar-refractivity contribution >= 4 is 27.1 Å². The molecule has 0 fully saturated rings. The van der Waals surface area contributed by atoms with E-state index >= 15 is 0 Å². The number of hydrogen-bond donors (Lipinski definition) is 1. The average Bonchev–Trinajstić information content (AvgIpc) is 2.48. The number of benzene rings is 1. The van der Waals surface area contributed by atoms with Crippen LogP contribution in [0, 0.1) is 11.6 Å². The number of halogens is 2. The summed E-state index contributed by atoms with van der Waals surface area (Å²) in [4.78, 5) is 0. The van der Waals surface area contributed by atoms with Crippen molar-refractivity contribution in [1.29, 1.82) is 0 Å². The molecular weight excluding hydrogens is 180 g/mol. The predicted octanol–water partition coefficient (Wildman–Crippen LogP) is 2.76. The fourth-order valence-corrected chi connectivity index (χ4v) is 1.91. The largest absolute Gasteiger partial charge is 0.396 e. The number of nitrogen functional groups attached to an aromatic ring is 1. The molecule has 0 saturated heterocycles. The topological polar surface area (TPSA) is 26.0 Å². The van der Waals surface area contributed by atoms with Crippen molar-refractivity contribution < 1.29 is 8.78 Å². The van der Waals surface area contributed by atoms with E-state index in [9.17, 15) is 8.78 Å². The summed E-state index contributed by atoms with van der Waals surface area (Å²) in [5, 5.41) is 2.14. The number of fused-ring (bicyclic) bond motifs is 1. The second kappa shape index (κ2) is 2.42. The van der Waals surface area contributed by atoms with Gasteiger partial charge in [0.15, 0.2) is 0 Å². The molecule has 4 heteroatoms. The molecule has 62 valence electrons. The van der Waals surface area contributed by atoms with Crippen LogP contribution in [0.4, 0.5) is 14.5 Å². The third kappa shape index (κ3) is 0.881. The van der Waals surface area contributed by atoms with Gasteiger partial charge in [-0.1, -0.05) is 0 Å². The zero-order valence-corrected chi connectivity index (χ0v) is 6.79. The van der Waals surface area contributed by atoms with Crippen LogP contribution >= 0.6 is 11.3 Å². The molecule has 1 heterocycles. The highest BCUT2D eigenvalue weighted by atomic mass is 32.1. The summed E-state index contributed by atoms with van der Waals surface area (Å²) < 4.78 is 26.2. The first-order chi connectivity index (χ1) is 5.70. The average molecular weight is 185 g/mol. The number of nitrogens with two attached hydrogens (primary N) is 1. The maximum Gasteiger partial charge on any atom is 0.149 e. The van der Waals surface area contributed by atoms with Crippen molar-refractivity contribution in [3.05, 3.63) is 29.1 Å². The van der Waals surface area contributed by atoms with E-state index in [1.165, 1.54) is 11.3 Å². The Labute approximate surface area is 71.4 Å². The fraction of sp³-hybridized carbons (Fsp3) is 0. The van der Waals surface area contributed by atoms with E-state index in [-0.39, 0.29) is 5.69 Å². The molecule has 0 bridgehead atoms. The van der Waals surface area contributed by atoms with Crippen molar-refractivity contribution in [1.82, 2.24) is 0 Å². The third-order valence-electron chi connectivity index (χ3n) is 1.68. The van der Waals surface area contributed by atoms with E-state index in [1.54, 1.807) is 11.4 Å². The lowest BCUT2D eigenvalue weighted by Crippen LogP contribution is -1.92. The van der Waals surface area contributed by atoms with Crippen molar-refractivity contribution in [3.63, 3.8) is 0 Å². The molecule has 0 aliphatic carbocycles. The lowest BCUT2D eigenvalue weighted by Gasteiger charge is -1.98. The molecule has 0 aliphatic heterocycles. The summed E-state index contributed by atoms with van der Waals surface area (Å²) in [6, 6.07) is 2.43. The molecule has 1 nitrogen and oxygen atoms in total. The second-order valence-corrected chi connectivity index (χ2v) is 3.33. The third-order valence-corrected chi connectivity index (χ3v) is 2.61. The van der Waals surface area contributed by atoms with E-state index in [4.69, 9.17) is 5.73 Å². The normalized spacial score (nSPS) is 10.8. The van der Waals surface area contributed by atoms with Crippen LogP contribution in [-0.2, 0) is 0 Å². The van der Waals surface area contributed by atoms with Crippen molar-refractivity contribution in [2.45, 2.75) is 0 Å². The Bertz CT molecular complexity index is 436. The molecule has 0 saturated carbocycles. The van der Waals surface area contributed by atoms with Gasteiger partial charge in [-0.3, -0.25) is 0 Å². The molecule has 1 aromatic heterocycles. The van der Waals surface area contributed by atoms with E-state index in [0.29, 0.717) is 10.1 Å². The van der Waals surface area contributed by atoms with Gasteiger partial charge in [0.2, 0.25) is 0 Å². The minimum atomic E-state index is -0.696. The van der Waals surface area contributed by atoms with Crippen LogP contribution in [-0.4, -0.2) is 0 Å². The molecule has 0 unspecified atom stereocenters. The van der Waals surface area contributed by atoms with E-state index < -0.39 is 11.6 Å². The lowest BCUT2D eigenvalue weighted by atomic mass is 10.2. The van der Waals surface area contributed by atoms with Gasteiger partial charge < -0.3 is 5.73 Å². The first-order valence-electron chi connectivity index (χ1n) is 3.31. The standard InChI is InChI=1S/C8H5F2NS/c9-5-3-6(10)8-4(7(5)11)1-2-12-8/h1-3H,11H2. The molecule has 0 spiro atoms. The SMILES string of the molecule is Nc1c(F)cc(F)c2sccc12. The Morgan fingerprint density at radius 2 is 2.00 bits per heavy atom. The number of hydrogen-bond acceptors (Lipinski definition) is 2. The molecule has 12 heavy (non-hydrogen) atoms. The monoisotopic (exact) mass is 185 g/mol. The molecule has 2 N–H and O–H groups in total. The van der Waals surface area contributed by atoms with E-state index in [1.807, 2.05) is 0 Å². The van der Waals surface area contributed by atoms with Gasteiger partial charge in [0.25, 0.3) is 0 Å². The van der Waals surface area contributed by atoms with Crippen molar-refractivity contribution in [2.24, 2.45) is 0 Å². The summed E-state index contributed by atoms with van der Waals surface area (Å²) in [5.74, 6) is -1.25. The van der Waals surface area contributed by atoms with Gasteiger partial charge in [-0.05, 0) is 11.4 Å². The number of thiophene rings is 1. The van der Waals surface area contributed by atoms with Gasteiger partial charge in [-0.25, -0.2) is 8.78 Å². The van der Waals surface area contributed by atoms with Crippen LogP contribution in [0.3, 0.4) is 0 Å². The number of rotatable bonds is 0. The summed E-state index contributed by atoms with van der Waals surface area (Å²) in [6.45, 7) is 0. The van der Waals surface area contributed by atoms with Crippen molar-refractivity contribution in [3.8, 4) is 0 Å². The van der Waals surface area contributed by atoms with Crippen LogP contribution < -0.4 is 5.73 Å². The van der Waals surface area contributed by atoms with Gasteiger partial charge >= 0.3 is 0 Å². The predicted molar refractivity (Wildman–Crippen MR) is 46.2 cm³/mol. The van der Waals surface area contributed by atoms with Crippen LogP contribution in [0.1, 0.15) is 0 Å². The van der Waals surface area contributed by atoms with Crippen LogP contribution in [0.5, 0.6) is 0 Å². The Morgan fingerprint density at radius 3 is 2.75 bits per heavy atom. The van der Waals surface area contributed by atoms with Crippen LogP contribution in [0.25, 0.3) is 10.1 Å². The first kappa shape index (κ1) is 7.49. The molecule has 1 aromatic carbocycles. The van der Waals surface area contributed by atoms with Crippen LogP contribution in [0.2, 0.25) is 0 Å². The lowest BCUT2D eigenvalue weighted by molar-refractivity contribution is 0.596.